The Balaban J connectivity index is 2.06. The zero-order valence-electron chi connectivity index (χ0n) is 14.2. The summed E-state index contributed by atoms with van der Waals surface area (Å²) < 4.78 is 11.2. The Morgan fingerprint density at radius 3 is 2.64 bits per heavy atom. The highest BCUT2D eigenvalue weighted by molar-refractivity contribution is 5.99. The van der Waals surface area contributed by atoms with E-state index >= 15 is 0 Å². The molecule has 126 valence electrons. The molecule has 3 aromatic rings. The Labute approximate surface area is 144 Å². The van der Waals surface area contributed by atoms with E-state index in [0.29, 0.717) is 22.3 Å². The molecule has 1 aliphatic rings. The van der Waals surface area contributed by atoms with E-state index in [1.807, 2.05) is 37.3 Å². The summed E-state index contributed by atoms with van der Waals surface area (Å²) in [5.41, 5.74) is 2.35. The monoisotopic (exact) mass is 335 g/mol. The molecule has 0 N–H and O–H groups in total. The molecule has 0 unspecified atom stereocenters. The fraction of sp³-hybridized carbons (Fsp3) is 0.200. The number of carbonyl (C=O) groups is 1. The van der Waals surface area contributed by atoms with Crippen molar-refractivity contribution in [3.63, 3.8) is 0 Å². The lowest BCUT2D eigenvalue weighted by Crippen LogP contribution is -2.25. The van der Waals surface area contributed by atoms with Crippen LogP contribution in [0.3, 0.4) is 0 Å². The van der Waals surface area contributed by atoms with E-state index in [1.54, 1.807) is 26.3 Å². The van der Waals surface area contributed by atoms with Gasteiger partial charge in [0.05, 0.1) is 24.1 Å². The Kier molecular flexibility index (Phi) is 3.39. The average molecular weight is 335 g/mol. The number of benzene rings is 2. The lowest BCUT2D eigenvalue weighted by Gasteiger charge is -2.22. The van der Waals surface area contributed by atoms with Crippen LogP contribution in [0, 0.1) is 6.92 Å². The maximum absolute atomic E-state index is 13.2. The van der Waals surface area contributed by atoms with Crippen LogP contribution >= 0.6 is 0 Å². The van der Waals surface area contributed by atoms with Crippen molar-refractivity contribution in [2.75, 3.05) is 14.2 Å². The van der Waals surface area contributed by atoms with Crippen LogP contribution in [0.1, 0.15) is 33.3 Å². The molecule has 0 saturated carbocycles. The molecule has 0 fully saturated rings. The van der Waals surface area contributed by atoms with Crippen molar-refractivity contribution in [2.45, 2.75) is 13.0 Å². The topological polar surface area (TPSA) is 59.8 Å². The highest BCUT2D eigenvalue weighted by atomic mass is 16.5. The second kappa shape index (κ2) is 5.48. The predicted molar refractivity (Wildman–Crippen MR) is 94.2 cm³/mol. The maximum atomic E-state index is 13.2. The van der Waals surface area contributed by atoms with Crippen LogP contribution in [0.4, 0.5) is 0 Å². The van der Waals surface area contributed by atoms with Crippen molar-refractivity contribution >= 4 is 16.9 Å². The third-order valence-electron chi connectivity index (χ3n) is 4.69. The fourth-order valence-electron chi connectivity index (χ4n) is 3.46. The van der Waals surface area contributed by atoms with Gasteiger partial charge in [-0.1, -0.05) is 29.8 Å². The molecule has 0 aliphatic carbocycles. The molecule has 1 atom stereocenters. The van der Waals surface area contributed by atoms with E-state index in [1.165, 1.54) is 4.90 Å². The Hall–Kier alpha value is -3.08. The number of amides is 1. The number of aryl methyl sites for hydroxylation is 1. The molecule has 2 heterocycles. The van der Waals surface area contributed by atoms with Crippen molar-refractivity contribution in [3.05, 3.63) is 75.1 Å². The van der Waals surface area contributed by atoms with Crippen LogP contribution in [0.15, 0.2) is 51.7 Å². The van der Waals surface area contributed by atoms with Crippen LogP contribution < -0.4 is 10.2 Å². The molecular formula is C20H17NO4. The number of fused-ring (bicyclic) bond motifs is 2. The molecule has 0 saturated heterocycles. The maximum Gasteiger partial charge on any atom is 0.290 e. The first-order valence-corrected chi connectivity index (χ1v) is 8.00. The lowest BCUT2D eigenvalue weighted by atomic mass is 9.97. The molecule has 5 heteroatoms. The molecule has 1 aliphatic heterocycles. The summed E-state index contributed by atoms with van der Waals surface area (Å²) in [5.74, 6) is 0.439. The summed E-state index contributed by atoms with van der Waals surface area (Å²) in [6.07, 6.45) is 0. The number of hydrogen-bond acceptors (Lipinski definition) is 4. The van der Waals surface area contributed by atoms with Gasteiger partial charge in [0.25, 0.3) is 5.91 Å². The van der Waals surface area contributed by atoms with Gasteiger partial charge in [-0.05, 0) is 25.1 Å². The Morgan fingerprint density at radius 2 is 1.88 bits per heavy atom. The fourth-order valence-corrected chi connectivity index (χ4v) is 3.46. The highest BCUT2D eigenvalue weighted by Crippen LogP contribution is 2.40. The van der Waals surface area contributed by atoms with Crippen LogP contribution in [0.2, 0.25) is 0 Å². The zero-order chi connectivity index (χ0) is 17.7. The summed E-state index contributed by atoms with van der Waals surface area (Å²) in [5, 5.41) is 0.488. The van der Waals surface area contributed by atoms with Crippen LogP contribution in [-0.2, 0) is 0 Å². The normalized spacial score (nSPS) is 16.4. The molecule has 25 heavy (non-hydrogen) atoms. The molecule has 5 nitrogen and oxygen atoms in total. The van der Waals surface area contributed by atoms with Crippen molar-refractivity contribution < 1.29 is 13.9 Å². The molecule has 0 radical (unpaired) electrons. The van der Waals surface area contributed by atoms with Crippen molar-refractivity contribution in [3.8, 4) is 5.75 Å². The molecule has 0 spiro atoms. The number of nitrogens with zero attached hydrogens (tertiary/aromatic N) is 1. The average Bonchev–Trinajstić information content (AvgIpc) is 2.87. The number of hydrogen-bond donors (Lipinski definition) is 0. The minimum absolute atomic E-state index is 0.111. The number of rotatable bonds is 2. The second-order valence-electron chi connectivity index (χ2n) is 6.23. The van der Waals surface area contributed by atoms with Gasteiger partial charge in [0, 0.05) is 12.6 Å². The van der Waals surface area contributed by atoms with Crippen LogP contribution in [0.25, 0.3) is 11.0 Å². The summed E-state index contributed by atoms with van der Waals surface area (Å²) >= 11 is 0. The standard InChI is InChI=1S/C20H17NO4/c1-11-8-9-15-13(10-11)18(22)16-17(21(2)20(23)19(16)25-15)12-6-4-5-7-14(12)24-3/h4-10,17H,1-3H3/t17-/m1/s1. The van der Waals surface area contributed by atoms with Crippen LogP contribution in [0.5, 0.6) is 5.75 Å². The summed E-state index contributed by atoms with van der Waals surface area (Å²) in [6.45, 7) is 1.92. The van der Waals surface area contributed by atoms with Crippen molar-refractivity contribution in [2.24, 2.45) is 0 Å². The highest BCUT2D eigenvalue weighted by Gasteiger charge is 2.41. The van der Waals surface area contributed by atoms with Gasteiger partial charge in [0.1, 0.15) is 11.3 Å². The minimum atomic E-state index is -0.528. The van der Waals surface area contributed by atoms with E-state index in [9.17, 15) is 9.59 Å². The zero-order valence-corrected chi connectivity index (χ0v) is 14.2. The van der Waals surface area contributed by atoms with Gasteiger partial charge in [-0.15, -0.1) is 0 Å². The summed E-state index contributed by atoms with van der Waals surface area (Å²) in [6, 6.07) is 12.3. The van der Waals surface area contributed by atoms with E-state index in [2.05, 4.69) is 0 Å². The van der Waals surface area contributed by atoms with Crippen molar-refractivity contribution in [1.29, 1.82) is 0 Å². The van der Waals surface area contributed by atoms with E-state index in [-0.39, 0.29) is 17.1 Å². The molecule has 2 aromatic carbocycles. The molecular weight excluding hydrogens is 318 g/mol. The second-order valence-corrected chi connectivity index (χ2v) is 6.23. The van der Waals surface area contributed by atoms with Gasteiger partial charge in [0.15, 0.2) is 5.43 Å². The minimum Gasteiger partial charge on any atom is -0.496 e. The quantitative estimate of drug-likeness (QED) is 0.721. The third kappa shape index (κ3) is 2.16. The first-order chi connectivity index (χ1) is 12.0. The number of methoxy groups -OCH3 is 1. The number of ether oxygens (including phenoxy) is 1. The molecule has 0 bridgehead atoms. The van der Waals surface area contributed by atoms with E-state index in [0.717, 1.165) is 11.1 Å². The molecule has 1 aromatic heterocycles. The molecule has 1 amide bonds. The number of carbonyl (C=O) groups excluding carboxylic acids is 1. The smallest absolute Gasteiger partial charge is 0.290 e. The van der Waals surface area contributed by atoms with Gasteiger partial charge in [-0.25, -0.2) is 0 Å². The van der Waals surface area contributed by atoms with Gasteiger partial charge < -0.3 is 14.1 Å². The Bertz CT molecular complexity index is 1070. The summed E-state index contributed by atoms with van der Waals surface area (Å²) in [4.78, 5) is 27.4. The number of para-hydroxylation sites is 1. The van der Waals surface area contributed by atoms with Crippen molar-refractivity contribution in [1.82, 2.24) is 4.90 Å². The predicted octanol–water partition coefficient (Wildman–Crippen LogP) is 3.29. The summed E-state index contributed by atoms with van der Waals surface area (Å²) in [7, 11) is 3.24. The largest absolute Gasteiger partial charge is 0.496 e. The van der Waals surface area contributed by atoms with Gasteiger partial charge >= 0.3 is 0 Å². The van der Waals surface area contributed by atoms with Gasteiger partial charge in [0.2, 0.25) is 5.76 Å². The van der Waals surface area contributed by atoms with Crippen LogP contribution in [-0.4, -0.2) is 25.0 Å². The first kappa shape index (κ1) is 15.4. The Morgan fingerprint density at radius 1 is 1.12 bits per heavy atom. The SMILES string of the molecule is COc1ccccc1[C@@H]1c2c(oc3ccc(C)cc3c2=O)C(=O)N1C. The third-order valence-corrected chi connectivity index (χ3v) is 4.69. The lowest BCUT2D eigenvalue weighted by molar-refractivity contribution is 0.0770. The molecule has 4 rings (SSSR count). The van der Waals surface area contributed by atoms with Gasteiger partial charge in [-0.3, -0.25) is 9.59 Å². The van der Waals surface area contributed by atoms with E-state index in [4.69, 9.17) is 9.15 Å². The first-order valence-electron chi connectivity index (χ1n) is 8.00. The van der Waals surface area contributed by atoms with E-state index < -0.39 is 6.04 Å². The van der Waals surface area contributed by atoms with Gasteiger partial charge in [-0.2, -0.15) is 0 Å².